The number of aromatic hydroxyl groups is 1. The van der Waals surface area contributed by atoms with Crippen LogP contribution in [0.5, 0.6) is 5.75 Å². The SMILES string of the molecule is CCCCCCCCCCCCS(=O)(=O)N1CC(O)CC1C(=O)Nc1cc(O)c(NC(=O)c2ccc(Cl)c(Cl)c2)cc1Cl. The third-order valence-corrected chi connectivity index (χ3v) is 10.4. The molecule has 1 heterocycles. The van der Waals surface area contributed by atoms with Crippen LogP contribution >= 0.6 is 34.8 Å². The molecule has 0 bridgehead atoms. The number of nitrogens with one attached hydrogen (secondary N) is 2. The van der Waals surface area contributed by atoms with Crippen LogP contribution in [0.25, 0.3) is 0 Å². The van der Waals surface area contributed by atoms with Crippen LogP contribution in [-0.2, 0) is 14.8 Å². The Hall–Kier alpha value is -2.08. The van der Waals surface area contributed by atoms with Crippen molar-refractivity contribution in [2.75, 3.05) is 22.9 Å². The van der Waals surface area contributed by atoms with E-state index in [0.29, 0.717) is 6.42 Å². The predicted octanol–water partition coefficient (Wildman–Crippen LogP) is 7.23. The van der Waals surface area contributed by atoms with E-state index in [2.05, 4.69) is 17.6 Å². The third kappa shape index (κ3) is 10.5. The van der Waals surface area contributed by atoms with Crippen molar-refractivity contribution in [1.29, 1.82) is 0 Å². The molecule has 2 amide bonds. The first-order valence-electron chi connectivity index (χ1n) is 14.7. The van der Waals surface area contributed by atoms with Gasteiger partial charge in [-0.05, 0) is 30.7 Å². The molecule has 0 aromatic heterocycles. The molecule has 3 rings (SSSR count). The number of nitrogens with zero attached hydrogens (tertiary/aromatic N) is 1. The highest BCUT2D eigenvalue weighted by Crippen LogP contribution is 2.35. The largest absolute Gasteiger partial charge is 0.506 e. The van der Waals surface area contributed by atoms with Crippen LogP contribution in [0.1, 0.15) is 87.9 Å². The lowest BCUT2D eigenvalue weighted by molar-refractivity contribution is -0.119. The lowest BCUT2D eigenvalue weighted by atomic mass is 10.1. The first kappa shape index (κ1) is 35.4. The zero-order valence-corrected chi connectivity index (χ0v) is 27.3. The molecular formula is C30H40Cl3N3O6S. The first-order valence-corrected chi connectivity index (χ1v) is 17.4. The highest BCUT2D eigenvalue weighted by atomic mass is 35.5. The Morgan fingerprint density at radius 2 is 1.49 bits per heavy atom. The van der Waals surface area contributed by atoms with Gasteiger partial charge in [-0.1, -0.05) is 99.5 Å². The Bertz CT molecular complexity index is 1380. The van der Waals surface area contributed by atoms with E-state index in [9.17, 15) is 28.2 Å². The van der Waals surface area contributed by atoms with Crippen molar-refractivity contribution in [3.8, 4) is 5.75 Å². The van der Waals surface area contributed by atoms with E-state index in [1.165, 1.54) is 56.4 Å². The highest BCUT2D eigenvalue weighted by Gasteiger charge is 2.42. The van der Waals surface area contributed by atoms with Crippen molar-refractivity contribution in [3.05, 3.63) is 51.0 Å². The molecule has 13 heteroatoms. The predicted molar refractivity (Wildman–Crippen MR) is 173 cm³/mol. The molecule has 2 atom stereocenters. The number of halogens is 3. The van der Waals surface area contributed by atoms with Gasteiger partial charge in [-0.2, -0.15) is 4.31 Å². The average Bonchev–Trinajstić information content (AvgIpc) is 3.36. The molecule has 0 aliphatic carbocycles. The van der Waals surface area contributed by atoms with Crippen molar-refractivity contribution in [2.45, 2.75) is 89.7 Å². The first-order chi connectivity index (χ1) is 20.4. The topological polar surface area (TPSA) is 136 Å². The lowest BCUT2D eigenvalue weighted by Gasteiger charge is -2.23. The summed E-state index contributed by atoms with van der Waals surface area (Å²) in [7, 11) is -3.79. The molecule has 2 aromatic rings. The molecule has 43 heavy (non-hydrogen) atoms. The summed E-state index contributed by atoms with van der Waals surface area (Å²) in [5, 5.41) is 26.3. The molecule has 1 aliphatic rings. The zero-order valence-electron chi connectivity index (χ0n) is 24.3. The van der Waals surface area contributed by atoms with Crippen molar-refractivity contribution in [3.63, 3.8) is 0 Å². The van der Waals surface area contributed by atoms with E-state index < -0.39 is 34.0 Å². The van der Waals surface area contributed by atoms with E-state index in [4.69, 9.17) is 34.8 Å². The van der Waals surface area contributed by atoms with Gasteiger partial charge in [0, 0.05) is 24.6 Å². The molecule has 1 fully saturated rings. The number of aliphatic hydroxyl groups excluding tert-OH is 1. The van der Waals surface area contributed by atoms with E-state index in [1.807, 2.05) is 0 Å². The molecule has 2 aromatic carbocycles. The molecule has 1 aliphatic heterocycles. The molecule has 238 valence electrons. The number of phenols is 1. The summed E-state index contributed by atoms with van der Waals surface area (Å²) in [5.74, 6) is -1.75. The molecule has 2 unspecified atom stereocenters. The Morgan fingerprint density at radius 3 is 2.12 bits per heavy atom. The van der Waals surface area contributed by atoms with Crippen LogP contribution < -0.4 is 10.6 Å². The number of carbonyl (C=O) groups excluding carboxylic acids is 2. The van der Waals surface area contributed by atoms with Crippen LogP contribution in [0.2, 0.25) is 15.1 Å². The number of rotatable bonds is 16. The van der Waals surface area contributed by atoms with E-state index in [1.54, 1.807) is 0 Å². The monoisotopic (exact) mass is 675 g/mol. The smallest absolute Gasteiger partial charge is 0.255 e. The number of phenolic OH excluding ortho intramolecular Hbond substituents is 1. The van der Waals surface area contributed by atoms with Gasteiger partial charge in [0.25, 0.3) is 5.91 Å². The van der Waals surface area contributed by atoms with Crippen molar-refractivity contribution in [2.24, 2.45) is 0 Å². The van der Waals surface area contributed by atoms with Gasteiger partial charge >= 0.3 is 0 Å². The van der Waals surface area contributed by atoms with Gasteiger partial charge < -0.3 is 20.8 Å². The maximum atomic E-state index is 13.2. The van der Waals surface area contributed by atoms with Crippen LogP contribution in [0.4, 0.5) is 11.4 Å². The van der Waals surface area contributed by atoms with Gasteiger partial charge in [0.05, 0.1) is 38.3 Å². The summed E-state index contributed by atoms with van der Waals surface area (Å²) in [5.41, 5.74) is 0.197. The summed E-state index contributed by atoms with van der Waals surface area (Å²) < 4.78 is 27.3. The maximum Gasteiger partial charge on any atom is 0.255 e. The summed E-state index contributed by atoms with van der Waals surface area (Å²) in [6.07, 6.45) is 9.61. The number of aliphatic hydroxyl groups is 1. The van der Waals surface area contributed by atoms with Crippen LogP contribution in [-0.4, -0.2) is 59.2 Å². The number of unbranched alkanes of at least 4 members (excludes halogenated alkanes) is 9. The maximum absolute atomic E-state index is 13.2. The molecule has 0 spiro atoms. The van der Waals surface area contributed by atoms with Gasteiger partial charge in [0.1, 0.15) is 11.8 Å². The van der Waals surface area contributed by atoms with Gasteiger partial charge in [0.15, 0.2) is 0 Å². The number of hydrogen-bond acceptors (Lipinski definition) is 6. The van der Waals surface area contributed by atoms with Crippen LogP contribution in [0, 0.1) is 0 Å². The van der Waals surface area contributed by atoms with Crippen molar-refractivity contribution < 1.29 is 28.2 Å². The third-order valence-electron chi connectivity index (χ3n) is 7.42. The summed E-state index contributed by atoms with van der Waals surface area (Å²) in [6, 6.07) is 5.58. The number of benzene rings is 2. The molecule has 1 saturated heterocycles. The minimum absolute atomic E-state index is 0.00564. The Morgan fingerprint density at radius 1 is 0.860 bits per heavy atom. The van der Waals surface area contributed by atoms with Gasteiger partial charge in [0.2, 0.25) is 15.9 Å². The minimum atomic E-state index is -3.79. The lowest BCUT2D eigenvalue weighted by Crippen LogP contribution is -2.44. The van der Waals surface area contributed by atoms with Gasteiger partial charge in [-0.25, -0.2) is 8.42 Å². The fourth-order valence-corrected chi connectivity index (χ4v) is 7.31. The second kappa shape index (κ2) is 16.8. The molecule has 9 nitrogen and oxygen atoms in total. The second-order valence-corrected chi connectivity index (χ2v) is 14.2. The second-order valence-electron chi connectivity index (χ2n) is 10.9. The minimum Gasteiger partial charge on any atom is -0.506 e. The van der Waals surface area contributed by atoms with E-state index in [0.717, 1.165) is 36.1 Å². The number of carbonyl (C=O) groups is 2. The zero-order chi connectivity index (χ0) is 31.6. The summed E-state index contributed by atoms with van der Waals surface area (Å²) in [6.45, 7) is 2.02. The average molecular weight is 677 g/mol. The van der Waals surface area contributed by atoms with Crippen LogP contribution in [0.3, 0.4) is 0 Å². The fourth-order valence-electron chi connectivity index (χ4n) is 5.02. The number of hydrogen-bond donors (Lipinski definition) is 4. The quantitative estimate of drug-likeness (QED) is 0.109. The van der Waals surface area contributed by atoms with E-state index >= 15 is 0 Å². The van der Waals surface area contributed by atoms with E-state index in [-0.39, 0.29) is 56.5 Å². The molecular weight excluding hydrogens is 637 g/mol. The standard InChI is InChI=1S/C30H40Cl3N3O6S/c1-2-3-4-5-6-7-8-9-10-11-14-43(41,42)36-19-21(37)16-27(36)30(40)34-25-18-28(38)26(17-24(25)33)35-29(39)20-12-13-22(31)23(32)15-20/h12-13,15,17-18,21,27,37-38H,2-11,14,16,19H2,1H3,(H,34,40)(H,35,39). The summed E-state index contributed by atoms with van der Waals surface area (Å²) >= 11 is 18.2. The Labute approximate surface area is 268 Å². The van der Waals surface area contributed by atoms with Gasteiger partial charge in [-0.15, -0.1) is 0 Å². The summed E-state index contributed by atoms with van der Waals surface area (Å²) in [4.78, 5) is 25.8. The molecule has 4 N–H and O–H groups in total. The van der Waals surface area contributed by atoms with Crippen LogP contribution in [0.15, 0.2) is 30.3 Å². The fraction of sp³-hybridized carbons (Fsp3) is 0.533. The number of amides is 2. The molecule has 0 saturated carbocycles. The number of anilines is 2. The Kier molecular flexibility index (Phi) is 13.9. The van der Waals surface area contributed by atoms with Crippen molar-refractivity contribution >= 4 is 68.0 Å². The highest BCUT2D eigenvalue weighted by molar-refractivity contribution is 7.89. The Balaban J connectivity index is 1.56. The number of β-amino-alcohol motifs (C(OH)–C–C–N with tert-alkyl or cyclic N) is 1. The molecule has 0 radical (unpaired) electrons. The normalized spacial score (nSPS) is 17.2. The number of sulfonamides is 1. The van der Waals surface area contributed by atoms with Gasteiger partial charge in [-0.3, -0.25) is 9.59 Å². The van der Waals surface area contributed by atoms with Crippen molar-refractivity contribution in [1.82, 2.24) is 4.31 Å².